The number of nitrogens with zero attached hydrogens (tertiary/aromatic N) is 1. The smallest absolute Gasteiger partial charge is 0.338 e. The molecule has 0 aliphatic rings. The van der Waals surface area contributed by atoms with Crippen LogP contribution >= 0.6 is 11.6 Å². The van der Waals surface area contributed by atoms with Crippen LogP contribution in [0.3, 0.4) is 0 Å². The van der Waals surface area contributed by atoms with E-state index in [1.165, 1.54) is 19.4 Å². The number of ether oxygens (including phenoxy) is 2. The molecular weight excluding hydrogens is 380 g/mol. The molecule has 1 atom stereocenters. The van der Waals surface area contributed by atoms with Crippen LogP contribution in [0.1, 0.15) is 59.5 Å². The van der Waals surface area contributed by atoms with Gasteiger partial charge < -0.3 is 14.8 Å². The molecule has 2 aromatic rings. The fourth-order valence-electron chi connectivity index (χ4n) is 2.62. The van der Waals surface area contributed by atoms with E-state index in [1.54, 1.807) is 31.2 Å². The van der Waals surface area contributed by atoms with Crippen LogP contribution in [0.15, 0.2) is 36.5 Å². The van der Waals surface area contributed by atoms with E-state index in [0.717, 1.165) is 6.42 Å². The standard InChI is InChI=1S/C21H25ClN2O4/c1-13(2)9-10-28-20-18(11-15(22)12-23-20)19(25)24-14(3)16-7-5-6-8-17(16)21(26)27-4/h5-8,11-14H,9-10H2,1-4H3,(H,24,25)/t14-/m0/s1. The van der Waals surface area contributed by atoms with E-state index in [4.69, 9.17) is 21.1 Å². The topological polar surface area (TPSA) is 77.5 Å². The Kier molecular flexibility index (Phi) is 7.81. The lowest BCUT2D eigenvalue weighted by Crippen LogP contribution is -2.28. The van der Waals surface area contributed by atoms with Gasteiger partial charge in [-0.3, -0.25) is 4.79 Å². The zero-order valence-corrected chi connectivity index (χ0v) is 17.2. The average molecular weight is 405 g/mol. The molecule has 2 rings (SSSR count). The summed E-state index contributed by atoms with van der Waals surface area (Å²) in [7, 11) is 1.32. The van der Waals surface area contributed by atoms with Crippen molar-refractivity contribution in [1.82, 2.24) is 10.3 Å². The maximum atomic E-state index is 12.8. The van der Waals surface area contributed by atoms with Gasteiger partial charge in [0.2, 0.25) is 5.88 Å². The summed E-state index contributed by atoms with van der Waals surface area (Å²) < 4.78 is 10.5. The van der Waals surface area contributed by atoms with Gasteiger partial charge in [-0.1, -0.05) is 43.6 Å². The fraction of sp³-hybridized carbons (Fsp3) is 0.381. The van der Waals surface area contributed by atoms with Crippen molar-refractivity contribution in [2.24, 2.45) is 5.92 Å². The molecule has 1 aromatic carbocycles. The predicted molar refractivity (Wildman–Crippen MR) is 108 cm³/mol. The number of carbonyl (C=O) groups is 2. The highest BCUT2D eigenvalue weighted by molar-refractivity contribution is 6.30. The average Bonchev–Trinajstić information content (AvgIpc) is 2.68. The van der Waals surface area contributed by atoms with Crippen molar-refractivity contribution in [1.29, 1.82) is 0 Å². The van der Waals surface area contributed by atoms with E-state index in [-0.39, 0.29) is 17.4 Å². The summed E-state index contributed by atoms with van der Waals surface area (Å²) in [6, 6.07) is 8.05. The Morgan fingerprint density at radius 2 is 1.89 bits per heavy atom. The van der Waals surface area contributed by atoms with E-state index in [2.05, 4.69) is 24.1 Å². The highest BCUT2D eigenvalue weighted by Crippen LogP contribution is 2.23. The van der Waals surface area contributed by atoms with E-state index in [0.29, 0.717) is 28.7 Å². The number of hydrogen-bond acceptors (Lipinski definition) is 5. The van der Waals surface area contributed by atoms with Crippen LogP contribution in [-0.2, 0) is 4.74 Å². The molecule has 0 saturated heterocycles. The molecule has 0 unspecified atom stereocenters. The Balaban J connectivity index is 2.21. The molecular formula is C21H25ClN2O4. The molecule has 1 amide bonds. The van der Waals surface area contributed by atoms with Gasteiger partial charge >= 0.3 is 5.97 Å². The minimum Gasteiger partial charge on any atom is -0.477 e. The van der Waals surface area contributed by atoms with Crippen LogP contribution < -0.4 is 10.1 Å². The number of methoxy groups -OCH3 is 1. The molecule has 1 aromatic heterocycles. The number of esters is 1. The molecule has 0 radical (unpaired) electrons. The zero-order valence-electron chi connectivity index (χ0n) is 16.5. The van der Waals surface area contributed by atoms with Gasteiger partial charge in [-0.2, -0.15) is 0 Å². The quantitative estimate of drug-likeness (QED) is 0.658. The fourth-order valence-corrected chi connectivity index (χ4v) is 2.78. The molecule has 150 valence electrons. The van der Waals surface area contributed by atoms with Crippen molar-refractivity contribution in [2.75, 3.05) is 13.7 Å². The Morgan fingerprint density at radius 3 is 2.57 bits per heavy atom. The molecule has 7 heteroatoms. The molecule has 0 bridgehead atoms. The van der Waals surface area contributed by atoms with Crippen molar-refractivity contribution in [3.05, 3.63) is 58.2 Å². The summed E-state index contributed by atoms with van der Waals surface area (Å²) in [5, 5.41) is 3.21. The lowest BCUT2D eigenvalue weighted by molar-refractivity contribution is 0.0597. The van der Waals surface area contributed by atoms with Crippen LogP contribution in [0, 0.1) is 5.92 Å². The molecule has 6 nitrogen and oxygen atoms in total. The minimum atomic E-state index is -0.459. The first-order chi connectivity index (χ1) is 13.3. The monoisotopic (exact) mass is 404 g/mol. The van der Waals surface area contributed by atoms with Gasteiger partial charge in [-0.15, -0.1) is 0 Å². The molecule has 0 spiro atoms. The van der Waals surface area contributed by atoms with Crippen LogP contribution in [0.5, 0.6) is 5.88 Å². The number of carbonyl (C=O) groups excluding carboxylic acids is 2. The molecule has 1 N–H and O–H groups in total. The third kappa shape index (κ3) is 5.70. The largest absolute Gasteiger partial charge is 0.477 e. The third-order valence-corrected chi connectivity index (χ3v) is 4.38. The van der Waals surface area contributed by atoms with Gasteiger partial charge in [0.1, 0.15) is 5.56 Å². The summed E-state index contributed by atoms with van der Waals surface area (Å²) in [5.74, 6) is -0.143. The van der Waals surface area contributed by atoms with Crippen molar-refractivity contribution in [3.63, 3.8) is 0 Å². The zero-order chi connectivity index (χ0) is 20.7. The number of amides is 1. The van der Waals surface area contributed by atoms with Crippen LogP contribution in [0.2, 0.25) is 5.02 Å². The van der Waals surface area contributed by atoms with Gasteiger partial charge in [-0.25, -0.2) is 9.78 Å². The van der Waals surface area contributed by atoms with Gasteiger partial charge in [-0.05, 0) is 37.0 Å². The van der Waals surface area contributed by atoms with Gasteiger partial charge in [0.25, 0.3) is 5.91 Å². The van der Waals surface area contributed by atoms with Crippen LogP contribution in [0.4, 0.5) is 0 Å². The van der Waals surface area contributed by atoms with Crippen molar-refractivity contribution >= 4 is 23.5 Å². The van der Waals surface area contributed by atoms with E-state index >= 15 is 0 Å². The second-order valence-corrected chi connectivity index (χ2v) is 7.25. The number of nitrogens with one attached hydrogen (secondary N) is 1. The van der Waals surface area contributed by atoms with Crippen molar-refractivity contribution in [2.45, 2.75) is 33.2 Å². The third-order valence-electron chi connectivity index (χ3n) is 4.18. The lowest BCUT2D eigenvalue weighted by atomic mass is 10.0. The first-order valence-corrected chi connectivity index (χ1v) is 9.47. The number of aromatic nitrogens is 1. The maximum absolute atomic E-state index is 12.8. The lowest BCUT2D eigenvalue weighted by Gasteiger charge is -2.18. The number of halogens is 1. The van der Waals surface area contributed by atoms with Gasteiger partial charge in [0.05, 0.1) is 30.3 Å². The molecule has 0 aliphatic heterocycles. The summed E-state index contributed by atoms with van der Waals surface area (Å²) in [6.07, 6.45) is 2.29. The minimum absolute atomic E-state index is 0.232. The molecule has 0 aliphatic carbocycles. The van der Waals surface area contributed by atoms with Gasteiger partial charge in [0, 0.05) is 6.20 Å². The van der Waals surface area contributed by atoms with Crippen LogP contribution in [-0.4, -0.2) is 30.6 Å². The second kappa shape index (κ2) is 10.1. The maximum Gasteiger partial charge on any atom is 0.338 e. The summed E-state index contributed by atoms with van der Waals surface area (Å²) in [4.78, 5) is 29.0. The highest BCUT2D eigenvalue weighted by atomic mass is 35.5. The number of rotatable bonds is 8. The first-order valence-electron chi connectivity index (χ1n) is 9.10. The second-order valence-electron chi connectivity index (χ2n) is 6.81. The van der Waals surface area contributed by atoms with E-state index in [9.17, 15) is 9.59 Å². The number of hydrogen-bond donors (Lipinski definition) is 1. The molecule has 1 heterocycles. The predicted octanol–water partition coefficient (Wildman–Crippen LogP) is 4.44. The Bertz CT molecular complexity index is 839. The summed E-state index contributed by atoms with van der Waals surface area (Å²) in [6.45, 7) is 6.42. The summed E-state index contributed by atoms with van der Waals surface area (Å²) in [5.41, 5.74) is 1.30. The Morgan fingerprint density at radius 1 is 1.18 bits per heavy atom. The molecule has 28 heavy (non-hydrogen) atoms. The van der Waals surface area contributed by atoms with E-state index in [1.807, 2.05) is 0 Å². The van der Waals surface area contributed by atoms with Gasteiger partial charge in [0.15, 0.2) is 0 Å². The first kappa shape index (κ1) is 21.7. The highest BCUT2D eigenvalue weighted by Gasteiger charge is 2.21. The van der Waals surface area contributed by atoms with Crippen LogP contribution in [0.25, 0.3) is 0 Å². The van der Waals surface area contributed by atoms with Crippen molar-refractivity contribution in [3.8, 4) is 5.88 Å². The Labute approximate surface area is 170 Å². The number of benzene rings is 1. The van der Waals surface area contributed by atoms with E-state index < -0.39 is 12.0 Å². The normalized spacial score (nSPS) is 11.8. The molecule has 0 fully saturated rings. The molecule has 0 saturated carbocycles. The SMILES string of the molecule is COC(=O)c1ccccc1[C@H](C)NC(=O)c1cc(Cl)cnc1OCCC(C)C. The Hall–Kier alpha value is -2.60. The summed E-state index contributed by atoms with van der Waals surface area (Å²) >= 11 is 6.03. The van der Waals surface area contributed by atoms with Crippen molar-refractivity contribution < 1.29 is 19.1 Å². The number of pyridine rings is 1.